The van der Waals surface area contributed by atoms with E-state index in [1.807, 2.05) is 38.1 Å². The molecule has 0 fully saturated rings. The highest BCUT2D eigenvalue weighted by atomic mass is 32.2. The van der Waals surface area contributed by atoms with Gasteiger partial charge < -0.3 is 21.5 Å². The molecule has 0 aliphatic heterocycles. The number of thioether (sulfide) groups is 1. The van der Waals surface area contributed by atoms with Crippen molar-refractivity contribution in [3.63, 3.8) is 0 Å². The molecule has 0 aliphatic rings. The molecule has 4 aromatic rings. The van der Waals surface area contributed by atoms with E-state index in [4.69, 9.17) is 5.73 Å². The third-order valence-corrected chi connectivity index (χ3v) is 7.05. The predicted molar refractivity (Wildman–Crippen MR) is 139 cm³/mol. The number of nitrogen functional groups attached to an aromatic ring is 1. The zero-order chi connectivity index (χ0) is 25.0. The molecular formula is C24H26F2N6OS2. The fourth-order valence-electron chi connectivity index (χ4n) is 3.19. The van der Waals surface area contributed by atoms with E-state index in [1.54, 1.807) is 0 Å². The van der Waals surface area contributed by atoms with Crippen molar-refractivity contribution in [3.05, 3.63) is 65.2 Å². The second-order valence-corrected chi connectivity index (χ2v) is 10.6. The third kappa shape index (κ3) is 6.36. The summed E-state index contributed by atoms with van der Waals surface area (Å²) in [6.07, 6.45) is 0.796. The van der Waals surface area contributed by atoms with Gasteiger partial charge in [0.2, 0.25) is 0 Å². The molecule has 4 rings (SSSR count). The number of fused-ring (bicyclic) bond motifs is 1. The molecule has 7 nitrogen and oxygen atoms in total. The molecule has 35 heavy (non-hydrogen) atoms. The Bertz CT molecular complexity index is 1310. The maximum Gasteiger partial charge on any atom is 0.191 e. The summed E-state index contributed by atoms with van der Waals surface area (Å²) in [6, 6.07) is 11.8. The molecule has 0 amide bonds. The molecule has 0 saturated carbocycles. The summed E-state index contributed by atoms with van der Waals surface area (Å²) in [5, 5.41) is 17.4. The quantitative estimate of drug-likeness (QED) is 0.131. The summed E-state index contributed by atoms with van der Waals surface area (Å²) in [7, 11) is 0. The average Bonchev–Trinajstić information content (AvgIpc) is 3.24. The van der Waals surface area contributed by atoms with Crippen molar-refractivity contribution in [1.29, 1.82) is 0 Å². The Hall–Kier alpha value is -3.02. The standard InChI is InChI=1S/C24H26F2N6OS2/c1-24(2,13-33)32-21-19-20(29-22(35-19)28-11-10-14-6-8-16(27)9-7-14)30-23(31-21)34-12-15-4-3-5-17(25)18(15)26/h3-9,33H,10-13,27H2,1-2H3,(H2,28,29,30,31,32). The molecule has 2 heterocycles. The van der Waals surface area contributed by atoms with E-state index in [9.17, 15) is 13.9 Å². The molecule has 0 saturated heterocycles. The van der Waals surface area contributed by atoms with Crippen molar-refractivity contribution >= 4 is 50.1 Å². The Morgan fingerprint density at radius 3 is 2.60 bits per heavy atom. The number of nitrogens with zero attached hydrogens (tertiary/aromatic N) is 3. The van der Waals surface area contributed by atoms with Gasteiger partial charge in [0, 0.05) is 23.5 Å². The lowest BCUT2D eigenvalue weighted by Gasteiger charge is -2.24. The Balaban J connectivity index is 1.55. The van der Waals surface area contributed by atoms with E-state index in [0.717, 1.165) is 28.4 Å². The molecule has 184 valence electrons. The van der Waals surface area contributed by atoms with E-state index in [-0.39, 0.29) is 17.9 Å². The van der Waals surface area contributed by atoms with Crippen LogP contribution in [0.3, 0.4) is 0 Å². The van der Waals surface area contributed by atoms with Gasteiger partial charge in [-0.25, -0.2) is 18.7 Å². The van der Waals surface area contributed by atoms with Gasteiger partial charge in [-0.2, -0.15) is 4.98 Å². The monoisotopic (exact) mass is 516 g/mol. The van der Waals surface area contributed by atoms with Crippen molar-refractivity contribution in [2.45, 2.75) is 36.7 Å². The van der Waals surface area contributed by atoms with Crippen LogP contribution in [-0.4, -0.2) is 38.7 Å². The van der Waals surface area contributed by atoms with Gasteiger partial charge in [0.05, 0.1) is 12.1 Å². The second-order valence-electron chi connectivity index (χ2n) is 8.61. The van der Waals surface area contributed by atoms with Crippen LogP contribution in [-0.2, 0) is 12.2 Å². The van der Waals surface area contributed by atoms with Crippen LogP contribution in [0, 0.1) is 11.6 Å². The van der Waals surface area contributed by atoms with Crippen LogP contribution in [0.5, 0.6) is 0 Å². The van der Waals surface area contributed by atoms with Crippen LogP contribution in [0.4, 0.5) is 25.4 Å². The summed E-state index contributed by atoms with van der Waals surface area (Å²) in [5.41, 5.74) is 7.71. The summed E-state index contributed by atoms with van der Waals surface area (Å²) in [4.78, 5) is 13.7. The highest BCUT2D eigenvalue weighted by Crippen LogP contribution is 2.34. The van der Waals surface area contributed by atoms with Crippen LogP contribution in [0.15, 0.2) is 47.6 Å². The van der Waals surface area contributed by atoms with Crippen LogP contribution >= 0.6 is 23.1 Å². The molecule has 0 spiro atoms. The van der Waals surface area contributed by atoms with Crippen LogP contribution in [0.2, 0.25) is 0 Å². The minimum Gasteiger partial charge on any atom is -0.399 e. The van der Waals surface area contributed by atoms with Gasteiger partial charge in [0.1, 0.15) is 4.70 Å². The number of anilines is 3. The molecular weight excluding hydrogens is 490 g/mol. The number of aromatic nitrogens is 3. The fraction of sp³-hybridized carbons (Fsp3) is 0.292. The van der Waals surface area contributed by atoms with Crippen molar-refractivity contribution in [3.8, 4) is 0 Å². The number of hydrogen-bond acceptors (Lipinski definition) is 9. The van der Waals surface area contributed by atoms with Gasteiger partial charge in [0.25, 0.3) is 0 Å². The van der Waals surface area contributed by atoms with E-state index < -0.39 is 17.2 Å². The molecule has 0 aliphatic carbocycles. The Morgan fingerprint density at radius 2 is 1.86 bits per heavy atom. The van der Waals surface area contributed by atoms with Crippen molar-refractivity contribution in [1.82, 2.24) is 15.0 Å². The van der Waals surface area contributed by atoms with Crippen LogP contribution in [0.25, 0.3) is 10.3 Å². The van der Waals surface area contributed by atoms with Crippen LogP contribution < -0.4 is 16.4 Å². The molecule has 2 aromatic heterocycles. The summed E-state index contributed by atoms with van der Waals surface area (Å²) < 4.78 is 28.4. The first-order chi connectivity index (χ1) is 16.7. The second kappa shape index (κ2) is 10.7. The van der Waals surface area contributed by atoms with Crippen molar-refractivity contribution in [2.24, 2.45) is 0 Å². The number of nitrogens with one attached hydrogen (secondary N) is 2. The summed E-state index contributed by atoms with van der Waals surface area (Å²) in [6.45, 7) is 4.26. The topological polar surface area (TPSA) is 109 Å². The van der Waals surface area contributed by atoms with Crippen LogP contribution in [0.1, 0.15) is 25.0 Å². The van der Waals surface area contributed by atoms with Gasteiger partial charge in [-0.15, -0.1) is 0 Å². The highest BCUT2D eigenvalue weighted by molar-refractivity contribution is 7.98. The largest absolute Gasteiger partial charge is 0.399 e. The molecule has 5 N–H and O–H groups in total. The summed E-state index contributed by atoms with van der Waals surface area (Å²) in [5.74, 6) is -1.07. The lowest BCUT2D eigenvalue weighted by atomic mass is 10.1. The zero-order valence-electron chi connectivity index (χ0n) is 19.3. The van der Waals surface area contributed by atoms with E-state index in [2.05, 4.69) is 25.6 Å². The van der Waals surface area contributed by atoms with Gasteiger partial charge in [-0.3, -0.25) is 0 Å². The minimum absolute atomic E-state index is 0.110. The first-order valence-corrected chi connectivity index (χ1v) is 12.8. The number of thiazole rings is 1. The normalized spacial score (nSPS) is 11.7. The molecule has 0 bridgehead atoms. The molecule has 0 unspecified atom stereocenters. The number of hydrogen-bond donors (Lipinski definition) is 4. The SMILES string of the molecule is CC(C)(CO)Nc1nc(SCc2cccc(F)c2F)nc2nc(NCCc3ccc(N)cc3)sc12. The van der Waals surface area contributed by atoms with E-state index >= 15 is 0 Å². The molecule has 11 heteroatoms. The fourth-order valence-corrected chi connectivity index (χ4v) is 4.88. The maximum absolute atomic E-state index is 14.1. The number of rotatable bonds is 10. The molecule has 0 radical (unpaired) electrons. The molecule has 2 aromatic carbocycles. The Kier molecular flexibility index (Phi) is 7.68. The smallest absolute Gasteiger partial charge is 0.191 e. The van der Waals surface area contributed by atoms with Crippen molar-refractivity contribution in [2.75, 3.05) is 29.5 Å². The minimum atomic E-state index is -0.888. The Morgan fingerprint density at radius 1 is 1.09 bits per heavy atom. The highest BCUT2D eigenvalue weighted by Gasteiger charge is 2.21. The van der Waals surface area contributed by atoms with E-state index in [0.29, 0.717) is 28.3 Å². The number of aliphatic hydroxyl groups excluding tert-OH is 1. The van der Waals surface area contributed by atoms with Gasteiger partial charge in [-0.05, 0) is 44.0 Å². The maximum atomic E-state index is 14.1. The summed E-state index contributed by atoms with van der Waals surface area (Å²) >= 11 is 2.60. The first-order valence-electron chi connectivity index (χ1n) is 11.0. The van der Waals surface area contributed by atoms with Crippen molar-refractivity contribution < 1.29 is 13.9 Å². The number of halogens is 2. The average molecular weight is 517 g/mol. The Labute approximate surface area is 210 Å². The molecule has 0 atom stereocenters. The van der Waals surface area contributed by atoms with Gasteiger partial charge >= 0.3 is 0 Å². The lowest BCUT2D eigenvalue weighted by Crippen LogP contribution is -2.35. The predicted octanol–water partition coefficient (Wildman–Crippen LogP) is 5.08. The zero-order valence-corrected chi connectivity index (χ0v) is 20.9. The van der Waals surface area contributed by atoms with Gasteiger partial charge in [0.15, 0.2) is 33.4 Å². The van der Waals surface area contributed by atoms with E-state index in [1.165, 1.54) is 35.2 Å². The number of aliphatic hydroxyl groups is 1. The van der Waals surface area contributed by atoms with Gasteiger partial charge in [-0.1, -0.05) is 47.4 Å². The lowest BCUT2D eigenvalue weighted by molar-refractivity contribution is 0.234. The third-order valence-electron chi connectivity index (χ3n) is 5.14. The number of nitrogens with two attached hydrogens (primary N) is 1. The number of benzene rings is 2. The first kappa shape index (κ1) is 25.1.